The number of carbonyl (C=O) groups excluding carboxylic acids is 1. The average Bonchev–Trinajstić information content (AvgIpc) is 2.79. The fourth-order valence-corrected chi connectivity index (χ4v) is 5.33. The van der Waals surface area contributed by atoms with Crippen molar-refractivity contribution in [1.29, 1.82) is 0 Å². The van der Waals surface area contributed by atoms with Gasteiger partial charge in [-0.1, -0.05) is 6.92 Å². The second-order valence-corrected chi connectivity index (χ2v) is 6.76. The van der Waals surface area contributed by atoms with Crippen molar-refractivity contribution in [3.8, 4) is 0 Å². The topological polar surface area (TPSA) is 32.3 Å². The van der Waals surface area contributed by atoms with Gasteiger partial charge in [0.25, 0.3) is 0 Å². The van der Waals surface area contributed by atoms with Gasteiger partial charge < -0.3 is 10.2 Å². The fourth-order valence-electron chi connectivity index (χ4n) is 5.33. The molecule has 4 rings (SSSR count). The average molecular weight is 248 g/mol. The van der Waals surface area contributed by atoms with Crippen LogP contribution < -0.4 is 5.32 Å². The molecule has 1 aliphatic heterocycles. The Bertz CT molecular complexity index is 352. The number of nitrogens with one attached hydrogen (secondary N) is 1. The van der Waals surface area contributed by atoms with Gasteiger partial charge in [-0.2, -0.15) is 0 Å². The summed E-state index contributed by atoms with van der Waals surface area (Å²) in [5, 5.41) is 3.36. The summed E-state index contributed by atoms with van der Waals surface area (Å²) < 4.78 is 0. The third-order valence-electron chi connectivity index (χ3n) is 5.98. The van der Waals surface area contributed by atoms with Gasteiger partial charge in [0.2, 0.25) is 5.91 Å². The van der Waals surface area contributed by atoms with Crippen molar-refractivity contribution < 1.29 is 4.79 Å². The van der Waals surface area contributed by atoms with Gasteiger partial charge in [-0.25, -0.2) is 0 Å². The highest BCUT2D eigenvalue weighted by molar-refractivity contribution is 5.83. The van der Waals surface area contributed by atoms with Crippen molar-refractivity contribution in [1.82, 2.24) is 10.2 Å². The molecule has 4 fully saturated rings. The molecule has 0 radical (unpaired) electrons. The van der Waals surface area contributed by atoms with Crippen LogP contribution in [-0.4, -0.2) is 36.0 Å². The first-order valence-electron chi connectivity index (χ1n) is 7.85. The lowest BCUT2D eigenvalue weighted by Gasteiger charge is -2.34. The summed E-state index contributed by atoms with van der Waals surface area (Å²) in [4.78, 5) is 14.8. The maximum absolute atomic E-state index is 12.5. The normalized spacial score (nSPS) is 49.6. The van der Waals surface area contributed by atoms with Gasteiger partial charge in [0.05, 0.1) is 6.04 Å². The van der Waals surface area contributed by atoms with Crippen molar-refractivity contribution in [3.05, 3.63) is 0 Å². The van der Waals surface area contributed by atoms with E-state index in [1.165, 1.54) is 25.7 Å². The van der Waals surface area contributed by atoms with Crippen LogP contribution in [0.4, 0.5) is 0 Å². The number of piperidine rings is 1. The van der Waals surface area contributed by atoms with E-state index in [0.29, 0.717) is 11.9 Å². The quantitative estimate of drug-likeness (QED) is 0.823. The Hall–Kier alpha value is -0.570. The van der Waals surface area contributed by atoms with Gasteiger partial charge in [-0.15, -0.1) is 0 Å². The maximum atomic E-state index is 12.5. The van der Waals surface area contributed by atoms with Crippen molar-refractivity contribution in [3.63, 3.8) is 0 Å². The number of carbonyl (C=O) groups is 1. The molecule has 0 spiro atoms. The summed E-state index contributed by atoms with van der Waals surface area (Å²) in [6, 6.07) is 0.757. The largest absolute Gasteiger partial charge is 0.338 e. The van der Waals surface area contributed by atoms with Crippen molar-refractivity contribution in [2.24, 2.45) is 23.7 Å². The number of nitrogens with zero attached hydrogens (tertiary/aromatic N) is 1. The van der Waals surface area contributed by atoms with E-state index in [2.05, 4.69) is 17.1 Å². The minimum Gasteiger partial charge on any atom is -0.338 e. The Morgan fingerprint density at radius 1 is 1.22 bits per heavy atom. The molecule has 1 saturated heterocycles. The number of fused-ring (bicyclic) bond motifs is 5. The first-order valence-corrected chi connectivity index (χ1v) is 7.85. The van der Waals surface area contributed by atoms with Crippen molar-refractivity contribution >= 4 is 5.91 Å². The number of amides is 1. The minimum atomic E-state index is 0.114. The zero-order valence-electron chi connectivity index (χ0n) is 11.3. The molecule has 100 valence electrons. The third-order valence-corrected chi connectivity index (χ3v) is 5.98. The Morgan fingerprint density at radius 2 is 1.94 bits per heavy atom. The molecule has 1 amide bonds. The third kappa shape index (κ3) is 1.43. The van der Waals surface area contributed by atoms with Crippen LogP contribution in [0.3, 0.4) is 0 Å². The number of rotatable bonds is 3. The van der Waals surface area contributed by atoms with E-state index in [1.54, 1.807) is 0 Å². The molecule has 1 heterocycles. The summed E-state index contributed by atoms with van der Waals surface area (Å²) in [5.41, 5.74) is 0. The monoisotopic (exact) mass is 248 g/mol. The SMILES string of the molecule is CCNC1CCCN(C2C3C4CCC(C4)C32)C1=O. The van der Waals surface area contributed by atoms with Gasteiger partial charge in [-0.05, 0) is 62.3 Å². The molecule has 3 heteroatoms. The zero-order valence-corrected chi connectivity index (χ0v) is 11.3. The van der Waals surface area contributed by atoms with E-state index >= 15 is 0 Å². The molecule has 5 atom stereocenters. The van der Waals surface area contributed by atoms with E-state index < -0.39 is 0 Å². The lowest BCUT2D eigenvalue weighted by atomic mass is 10.0. The number of likely N-dealkylation sites (N-methyl/N-ethyl adjacent to an activating group) is 1. The molecule has 0 aromatic rings. The van der Waals surface area contributed by atoms with Gasteiger partial charge in [0, 0.05) is 12.6 Å². The van der Waals surface area contributed by atoms with Crippen LogP contribution >= 0.6 is 0 Å². The molecule has 0 aromatic heterocycles. The first-order chi connectivity index (χ1) is 8.81. The minimum absolute atomic E-state index is 0.114. The summed E-state index contributed by atoms with van der Waals surface area (Å²) in [6.07, 6.45) is 6.60. The van der Waals surface area contributed by atoms with E-state index in [-0.39, 0.29) is 6.04 Å². The zero-order chi connectivity index (χ0) is 12.3. The molecular formula is C15H24N2O. The molecule has 1 N–H and O–H groups in total. The highest BCUT2D eigenvalue weighted by atomic mass is 16.2. The Balaban J connectivity index is 1.48. The maximum Gasteiger partial charge on any atom is 0.239 e. The van der Waals surface area contributed by atoms with E-state index in [9.17, 15) is 4.79 Å². The number of likely N-dealkylation sites (tertiary alicyclic amines) is 1. The first kappa shape index (κ1) is 11.3. The molecule has 3 saturated carbocycles. The number of hydrogen-bond acceptors (Lipinski definition) is 2. The second kappa shape index (κ2) is 3.96. The summed E-state index contributed by atoms with van der Waals surface area (Å²) in [5.74, 6) is 4.14. The lowest BCUT2D eigenvalue weighted by Crippen LogP contribution is -2.52. The van der Waals surface area contributed by atoms with E-state index in [0.717, 1.165) is 43.2 Å². The van der Waals surface area contributed by atoms with Crippen LogP contribution in [0.1, 0.15) is 39.0 Å². The van der Waals surface area contributed by atoms with Crippen LogP contribution in [0.15, 0.2) is 0 Å². The van der Waals surface area contributed by atoms with Crippen LogP contribution in [0.2, 0.25) is 0 Å². The van der Waals surface area contributed by atoms with Crippen molar-refractivity contribution in [2.75, 3.05) is 13.1 Å². The summed E-state index contributed by atoms with van der Waals surface area (Å²) in [7, 11) is 0. The van der Waals surface area contributed by atoms with Gasteiger partial charge in [0.15, 0.2) is 0 Å². The van der Waals surface area contributed by atoms with Crippen molar-refractivity contribution in [2.45, 2.75) is 51.1 Å². The predicted octanol–water partition coefficient (Wildman–Crippen LogP) is 1.63. The molecule has 18 heavy (non-hydrogen) atoms. The summed E-state index contributed by atoms with van der Waals surface area (Å²) >= 11 is 0. The lowest BCUT2D eigenvalue weighted by molar-refractivity contribution is -0.137. The highest BCUT2D eigenvalue weighted by Crippen LogP contribution is 2.67. The smallest absolute Gasteiger partial charge is 0.239 e. The van der Waals surface area contributed by atoms with Crippen LogP contribution in [-0.2, 0) is 4.79 Å². The Labute approximate surface area is 109 Å². The molecular weight excluding hydrogens is 224 g/mol. The molecule has 5 unspecified atom stereocenters. The van der Waals surface area contributed by atoms with Crippen LogP contribution in [0.5, 0.6) is 0 Å². The molecule has 0 aromatic carbocycles. The second-order valence-electron chi connectivity index (χ2n) is 6.76. The molecule has 4 aliphatic rings. The van der Waals surface area contributed by atoms with Gasteiger partial charge in [-0.3, -0.25) is 4.79 Å². The van der Waals surface area contributed by atoms with Gasteiger partial charge in [0.1, 0.15) is 0 Å². The molecule has 3 aliphatic carbocycles. The van der Waals surface area contributed by atoms with Crippen LogP contribution in [0.25, 0.3) is 0 Å². The summed E-state index contributed by atoms with van der Waals surface area (Å²) in [6.45, 7) is 4.03. The predicted molar refractivity (Wildman–Crippen MR) is 70.0 cm³/mol. The fraction of sp³-hybridized carbons (Fsp3) is 0.933. The molecule has 3 nitrogen and oxygen atoms in total. The van der Waals surface area contributed by atoms with Crippen LogP contribution in [0, 0.1) is 23.7 Å². The highest BCUT2D eigenvalue weighted by Gasteiger charge is 2.67. The van der Waals surface area contributed by atoms with Gasteiger partial charge >= 0.3 is 0 Å². The standard InChI is InChI=1S/C15H24N2O/c1-2-16-11-4-3-7-17(15(11)18)14-12-9-5-6-10(8-9)13(12)14/h9-14,16H,2-8H2,1H3. The Kier molecular flexibility index (Phi) is 2.48. The van der Waals surface area contributed by atoms with E-state index in [4.69, 9.17) is 0 Å². The molecule has 2 bridgehead atoms. The Morgan fingerprint density at radius 3 is 2.61 bits per heavy atom. The number of hydrogen-bond donors (Lipinski definition) is 1. The van der Waals surface area contributed by atoms with E-state index in [1.807, 2.05) is 0 Å².